The summed E-state index contributed by atoms with van der Waals surface area (Å²) in [6, 6.07) is 13.4. The van der Waals surface area contributed by atoms with Crippen LogP contribution in [-0.2, 0) is 6.42 Å². The summed E-state index contributed by atoms with van der Waals surface area (Å²) in [7, 11) is 3.41. The maximum Gasteiger partial charge on any atom is 0.258 e. The summed E-state index contributed by atoms with van der Waals surface area (Å²) >= 11 is 0. The minimum Gasteiger partial charge on any atom is -0.496 e. The van der Waals surface area contributed by atoms with Crippen LogP contribution in [0, 0.1) is 0 Å². The predicted octanol–water partition coefficient (Wildman–Crippen LogP) is 4.57. The molecule has 0 saturated carbocycles. The van der Waals surface area contributed by atoms with Gasteiger partial charge in [-0.15, -0.1) is 0 Å². The molecule has 3 nitrogen and oxygen atoms in total. The molecule has 0 fully saturated rings. The summed E-state index contributed by atoms with van der Waals surface area (Å²) in [5.74, 6) is 0.680. The number of anilines is 1. The second-order valence-corrected chi connectivity index (χ2v) is 5.54. The van der Waals surface area contributed by atoms with E-state index in [-0.39, 0.29) is 5.91 Å². The minimum atomic E-state index is -0.0698. The van der Waals surface area contributed by atoms with Crippen LogP contribution in [0.3, 0.4) is 0 Å². The summed E-state index contributed by atoms with van der Waals surface area (Å²) < 4.78 is 5.39. The maximum atomic E-state index is 12.8. The van der Waals surface area contributed by atoms with Crippen LogP contribution < -0.4 is 9.64 Å². The van der Waals surface area contributed by atoms with Gasteiger partial charge in [0.05, 0.1) is 12.8 Å². The van der Waals surface area contributed by atoms with E-state index in [0.717, 1.165) is 34.6 Å². The SMILES string of the molecule is C=C(C)c1ccccc1N(C)C(=O)c1ccc(CC)c(OC)c1. The van der Waals surface area contributed by atoms with Crippen molar-refractivity contribution >= 4 is 17.2 Å². The predicted molar refractivity (Wildman–Crippen MR) is 96.3 cm³/mol. The van der Waals surface area contributed by atoms with Gasteiger partial charge in [0, 0.05) is 18.2 Å². The highest BCUT2D eigenvalue weighted by molar-refractivity contribution is 6.07. The van der Waals surface area contributed by atoms with Crippen molar-refractivity contribution in [1.82, 2.24) is 0 Å². The van der Waals surface area contributed by atoms with E-state index in [2.05, 4.69) is 13.5 Å². The standard InChI is InChI=1S/C20H23NO2/c1-6-15-11-12-16(13-19(15)23-5)20(22)21(4)18-10-8-7-9-17(18)14(2)3/h7-13H,2,6H2,1,3-5H3. The van der Waals surface area contributed by atoms with E-state index in [1.165, 1.54) is 0 Å². The van der Waals surface area contributed by atoms with Crippen LogP contribution in [0.1, 0.15) is 35.3 Å². The van der Waals surface area contributed by atoms with Crippen molar-refractivity contribution in [2.75, 3.05) is 19.1 Å². The molecule has 3 heteroatoms. The van der Waals surface area contributed by atoms with Crippen LogP contribution >= 0.6 is 0 Å². The lowest BCUT2D eigenvalue weighted by atomic mass is 10.0. The van der Waals surface area contributed by atoms with Crippen LogP contribution in [0.15, 0.2) is 49.0 Å². The fraction of sp³-hybridized carbons (Fsp3) is 0.250. The van der Waals surface area contributed by atoms with Crippen molar-refractivity contribution in [3.63, 3.8) is 0 Å². The third kappa shape index (κ3) is 3.45. The Morgan fingerprint density at radius 3 is 2.52 bits per heavy atom. The molecule has 0 aromatic heterocycles. The Labute approximate surface area is 138 Å². The molecule has 0 saturated heterocycles. The van der Waals surface area contributed by atoms with E-state index in [1.54, 1.807) is 25.1 Å². The first-order chi connectivity index (χ1) is 11.0. The number of aryl methyl sites for hydroxylation is 1. The van der Waals surface area contributed by atoms with Crippen molar-refractivity contribution in [1.29, 1.82) is 0 Å². The molecule has 0 aliphatic rings. The highest BCUT2D eigenvalue weighted by atomic mass is 16.5. The van der Waals surface area contributed by atoms with E-state index in [0.29, 0.717) is 5.56 Å². The summed E-state index contributed by atoms with van der Waals surface area (Å²) in [5, 5.41) is 0. The Hall–Kier alpha value is -2.55. The van der Waals surface area contributed by atoms with Crippen LogP contribution in [0.25, 0.3) is 5.57 Å². The number of carbonyl (C=O) groups excluding carboxylic acids is 1. The number of rotatable bonds is 5. The first-order valence-corrected chi connectivity index (χ1v) is 7.69. The molecule has 0 aliphatic carbocycles. The number of nitrogens with zero attached hydrogens (tertiary/aromatic N) is 1. The van der Waals surface area contributed by atoms with E-state index < -0.39 is 0 Å². The molecule has 0 spiro atoms. The average Bonchev–Trinajstić information content (AvgIpc) is 2.59. The molecule has 0 N–H and O–H groups in total. The highest BCUT2D eigenvalue weighted by Crippen LogP contribution is 2.27. The molecule has 0 aliphatic heterocycles. The molecule has 2 aromatic carbocycles. The number of para-hydroxylation sites is 1. The Morgan fingerprint density at radius 2 is 1.91 bits per heavy atom. The van der Waals surface area contributed by atoms with E-state index in [4.69, 9.17) is 4.74 Å². The number of hydrogen-bond donors (Lipinski definition) is 0. The number of hydrogen-bond acceptors (Lipinski definition) is 2. The molecule has 0 radical (unpaired) electrons. The molecule has 0 bridgehead atoms. The molecule has 120 valence electrons. The number of allylic oxidation sites excluding steroid dienone is 1. The summed E-state index contributed by atoms with van der Waals surface area (Å²) in [4.78, 5) is 14.5. The van der Waals surface area contributed by atoms with Gasteiger partial charge in [0.1, 0.15) is 5.75 Å². The number of methoxy groups -OCH3 is 1. The molecule has 2 rings (SSSR count). The van der Waals surface area contributed by atoms with Gasteiger partial charge in [0.2, 0.25) is 0 Å². The fourth-order valence-corrected chi connectivity index (χ4v) is 2.60. The number of amides is 1. The van der Waals surface area contributed by atoms with Crippen LogP contribution in [0.4, 0.5) is 5.69 Å². The van der Waals surface area contributed by atoms with Gasteiger partial charge in [0.15, 0.2) is 0 Å². The Morgan fingerprint density at radius 1 is 1.22 bits per heavy atom. The summed E-state index contributed by atoms with van der Waals surface area (Å²) in [6.07, 6.45) is 0.867. The monoisotopic (exact) mass is 309 g/mol. The third-order valence-corrected chi connectivity index (χ3v) is 3.94. The van der Waals surface area contributed by atoms with Gasteiger partial charge in [-0.05, 0) is 42.7 Å². The van der Waals surface area contributed by atoms with Crippen LogP contribution in [0.5, 0.6) is 5.75 Å². The Kier molecular flexibility index (Phi) is 5.22. The number of carbonyl (C=O) groups is 1. The van der Waals surface area contributed by atoms with E-state index >= 15 is 0 Å². The first kappa shape index (κ1) is 16.8. The lowest BCUT2D eigenvalue weighted by Gasteiger charge is -2.21. The second kappa shape index (κ2) is 7.14. The van der Waals surface area contributed by atoms with Crippen molar-refractivity contribution in [2.45, 2.75) is 20.3 Å². The number of benzene rings is 2. The smallest absolute Gasteiger partial charge is 0.258 e. The summed E-state index contributed by atoms with van der Waals surface area (Å²) in [6.45, 7) is 8.00. The first-order valence-electron chi connectivity index (χ1n) is 7.69. The van der Waals surface area contributed by atoms with Gasteiger partial charge >= 0.3 is 0 Å². The quantitative estimate of drug-likeness (QED) is 0.810. The van der Waals surface area contributed by atoms with E-state index in [1.807, 2.05) is 43.3 Å². The zero-order valence-electron chi connectivity index (χ0n) is 14.2. The zero-order chi connectivity index (χ0) is 17.0. The molecular weight excluding hydrogens is 286 g/mol. The van der Waals surface area contributed by atoms with Crippen LogP contribution in [0.2, 0.25) is 0 Å². The Bertz CT molecular complexity index is 734. The normalized spacial score (nSPS) is 10.3. The molecule has 23 heavy (non-hydrogen) atoms. The van der Waals surface area contributed by atoms with Gasteiger partial charge in [-0.3, -0.25) is 4.79 Å². The topological polar surface area (TPSA) is 29.5 Å². The molecule has 0 heterocycles. The van der Waals surface area contributed by atoms with Gasteiger partial charge in [0.25, 0.3) is 5.91 Å². The fourth-order valence-electron chi connectivity index (χ4n) is 2.60. The maximum absolute atomic E-state index is 12.8. The summed E-state index contributed by atoms with van der Waals surface area (Å²) in [5.41, 5.74) is 4.45. The van der Waals surface area contributed by atoms with Crippen molar-refractivity contribution in [3.05, 3.63) is 65.7 Å². The van der Waals surface area contributed by atoms with Crippen molar-refractivity contribution in [2.24, 2.45) is 0 Å². The molecule has 0 atom stereocenters. The van der Waals surface area contributed by atoms with Gasteiger partial charge in [-0.1, -0.05) is 37.8 Å². The Balaban J connectivity index is 2.39. The molecular formula is C20H23NO2. The van der Waals surface area contributed by atoms with Crippen molar-refractivity contribution in [3.8, 4) is 5.75 Å². The molecule has 1 amide bonds. The largest absolute Gasteiger partial charge is 0.496 e. The van der Waals surface area contributed by atoms with Gasteiger partial charge in [-0.25, -0.2) is 0 Å². The highest BCUT2D eigenvalue weighted by Gasteiger charge is 2.17. The second-order valence-electron chi connectivity index (χ2n) is 5.54. The van der Waals surface area contributed by atoms with Crippen LogP contribution in [-0.4, -0.2) is 20.1 Å². The van der Waals surface area contributed by atoms with Gasteiger partial charge < -0.3 is 9.64 Å². The van der Waals surface area contributed by atoms with E-state index in [9.17, 15) is 4.79 Å². The molecule has 0 unspecified atom stereocenters. The lowest BCUT2D eigenvalue weighted by molar-refractivity contribution is 0.0992. The number of ether oxygens (including phenoxy) is 1. The zero-order valence-corrected chi connectivity index (χ0v) is 14.2. The van der Waals surface area contributed by atoms with Crippen molar-refractivity contribution < 1.29 is 9.53 Å². The minimum absolute atomic E-state index is 0.0698. The third-order valence-electron chi connectivity index (χ3n) is 3.94. The molecule has 2 aromatic rings. The lowest BCUT2D eigenvalue weighted by Crippen LogP contribution is -2.27. The average molecular weight is 309 g/mol. The van der Waals surface area contributed by atoms with Gasteiger partial charge in [-0.2, -0.15) is 0 Å².